The van der Waals surface area contributed by atoms with Gasteiger partial charge in [-0.05, 0) is 211 Å². The first kappa shape index (κ1) is 67.3. The molecule has 0 unspecified atom stereocenters. The Morgan fingerprint density at radius 3 is 1.12 bits per heavy atom. The van der Waals surface area contributed by atoms with Crippen LogP contribution in [0.5, 0.6) is 0 Å². The Labute approximate surface area is 804 Å². The van der Waals surface area contributed by atoms with Crippen LogP contribution in [0, 0.1) is 0 Å². The first-order chi connectivity index (χ1) is 71.9. The summed E-state index contributed by atoms with van der Waals surface area (Å²) in [6, 6.07) is 121. The largest absolute Gasteiger partial charge is 0.278 e. The zero-order chi connectivity index (χ0) is 101. The van der Waals surface area contributed by atoms with Crippen LogP contribution in [0.3, 0.4) is 0 Å². The summed E-state index contributed by atoms with van der Waals surface area (Å²) in [5, 5.41) is 13.1. The Kier molecular flexibility index (Phi) is 16.2. The normalized spacial score (nSPS) is 14.1. The van der Waals surface area contributed by atoms with Gasteiger partial charge in [-0.15, -0.1) is 11.3 Å². The summed E-state index contributed by atoms with van der Waals surface area (Å²) < 4.78 is 122. The second-order valence-corrected chi connectivity index (χ2v) is 36.4. The fourth-order valence-electron chi connectivity index (χ4n) is 20.3. The third-order valence-corrected chi connectivity index (χ3v) is 28.0. The van der Waals surface area contributed by atoms with E-state index in [9.17, 15) is 2.74 Å². The van der Waals surface area contributed by atoms with Gasteiger partial charge in [-0.25, -0.2) is 15.0 Å². The Morgan fingerprint density at radius 2 is 0.593 bits per heavy atom. The van der Waals surface area contributed by atoms with Crippen molar-refractivity contribution in [1.29, 1.82) is 0 Å². The van der Waals surface area contributed by atoms with Gasteiger partial charge in [0.15, 0.2) is 23.3 Å². The van der Waals surface area contributed by atoms with Gasteiger partial charge in [0.05, 0.1) is 39.9 Å². The highest BCUT2D eigenvalue weighted by Crippen LogP contribution is 2.54. The standard InChI is InChI=1S/C51H37N5.C39H27N3.C36H22S/c1-50(2)39-22-12-8-18-31(39)35-26-37-33-20-10-14-24-43(33)55(45(37)28-41(35)50)48-52-47(30-16-6-5-7-17-30)53-49(54-48)56-44-25-15-11-21-34(44)38-27-36-32-19-9-13-23-40(32)51(3,4)42(36)29-46(38)56;1-5-14-28(15-6-1)34-25-35(29-16-7-2-8-17-29)27-36(26-34)32-22-13-23-33(24-32)39-41-37(30-18-9-3-10-19-30)40-38(42-39)31-20-11-4-12-21-31;1-2-13-29-27(11-1)28-12-3-4-14-30(28)34-22-24(19-20-31(29)34)23-9-7-10-25(21-23)26-16-8-17-33-32-15-5-6-18-35(32)37-36(26)33/h5-29H,1-4H3;1-27H;1-22H/i5D,6D,7D,16D,17D;13D,22D,23D,24D;7D,9D,10D,21D. The number of nitrogens with zero attached hydrogens (tertiary/aromatic N) is 8. The Balaban J connectivity index is 0.000000118. The van der Waals surface area contributed by atoms with Crippen molar-refractivity contribution in [3.63, 3.8) is 0 Å². The molecule has 0 N–H and O–H groups in total. The molecule has 636 valence electrons. The van der Waals surface area contributed by atoms with E-state index in [1.807, 2.05) is 203 Å². The number of thiophene rings is 1. The summed E-state index contributed by atoms with van der Waals surface area (Å²) in [5.74, 6) is 1.42. The van der Waals surface area contributed by atoms with Crippen molar-refractivity contribution in [3.8, 4) is 135 Å². The van der Waals surface area contributed by atoms with E-state index in [0.29, 0.717) is 33.9 Å². The first-order valence-electron chi connectivity index (χ1n) is 51.6. The molecule has 0 saturated carbocycles. The summed E-state index contributed by atoms with van der Waals surface area (Å²) in [5.41, 5.74) is 21.1. The molecule has 0 bridgehead atoms. The predicted molar refractivity (Wildman–Crippen MR) is 564 cm³/mol. The number of hydrogen-bond donors (Lipinski definition) is 0. The van der Waals surface area contributed by atoms with Gasteiger partial charge in [0.25, 0.3) is 0 Å². The molecule has 2 aliphatic carbocycles. The summed E-state index contributed by atoms with van der Waals surface area (Å²) in [4.78, 5) is 29.8. The molecule has 0 saturated heterocycles. The van der Waals surface area contributed by atoms with Crippen molar-refractivity contribution in [1.82, 2.24) is 39.0 Å². The van der Waals surface area contributed by atoms with Crippen molar-refractivity contribution in [2.75, 3.05) is 0 Å². The van der Waals surface area contributed by atoms with Gasteiger partial charge < -0.3 is 0 Å². The van der Waals surface area contributed by atoms with Crippen LogP contribution in [0.25, 0.3) is 231 Å². The maximum absolute atomic E-state index is 9.48. The van der Waals surface area contributed by atoms with E-state index in [1.165, 1.54) is 49.9 Å². The van der Waals surface area contributed by atoms with E-state index in [-0.39, 0.29) is 111 Å². The number of hydrogen-bond acceptors (Lipinski definition) is 7. The topological polar surface area (TPSA) is 87.2 Å². The van der Waals surface area contributed by atoms with Crippen LogP contribution in [0.2, 0.25) is 0 Å². The summed E-state index contributed by atoms with van der Waals surface area (Å²) in [6.45, 7) is 9.03. The van der Waals surface area contributed by atoms with Gasteiger partial charge in [0.1, 0.15) is 0 Å². The predicted octanol–water partition coefficient (Wildman–Crippen LogP) is 33.1. The molecule has 0 aliphatic heterocycles. The van der Waals surface area contributed by atoms with Gasteiger partial charge in [-0.2, -0.15) is 15.0 Å². The molecule has 5 aromatic heterocycles. The van der Waals surface area contributed by atoms with E-state index in [0.717, 1.165) is 130 Å². The molecule has 9 heteroatoms. The Morgan fingerprint density at radius 1 is 0.215 bits per heavy atom. The van der Waals surface area contributed by atoms with Crippen molar-refractivity contribution < 1.29 is 17.8 Å². The summed E-state index contributed by atoms with van der Waals surface area (Å²) in [7, 11) is 0. The number of rotatable bonds is 11. The van der Waals surface area contributed by atoms with Crippen LogP contribution >= 0.6 is 11.3 Å². The van der Waals surface area contributed by atoms with Crippen LogP contribution in [-0.4, -0.2) is 39.0 Å². The van der Waals surface area contributed by atoms with Crippen LogP contribution in [-0.2, 0) is 10.8 Å². The molecule has 0 amide bonds. The van der Waals surface area contributed by atoms with Gasteiger partial charge in [0.2, 0.25) is 11.9 Å². The molecule has 0 atom stereocenters. The van der Waals surface area contributed by atoms with Crippen LogP contribution in [0.15, 0.2) is 449 Å². The lowest BCUT2D eigenvalue weighted by Gasteiger charge is -2.22. The molecule has 20 aromatic carbocycles. The number of fused-ring (bicyclic) bond motifs is 21. The Hall–Kier alpha value is -17.0. The molecule has 8 nitrogen and oxygen atoms in total. The van der Waals surface area contributed by atoms with Crippen LogP contribution in [0.1, 0.15) is 67.8 Å². The maximum atomic E-state index is 9.48. The van der Waals surface area contributed by atoms with Gasteiger partial charge in [-0.3, -0.25) is 9.13 Å². The third-order valence-electron chi connectivity index (χ3n) is 26.8. The summed E-state index contributed by atoms with van der Waals surface area (Å²) in [6.07, 6.45) is 0. The van der Waals surface area contributed by atoms with Crippen LogP contribution in [0.4, 0.5) is 0 Å². The van der Waals surface area contributed by atoms with Gasteiger partial charge in [-0.1, -0.05) is 397 Å². The number of para-hydroxylation sites is 2. The molecule has 25 aromatic rings. The average Bonchev–Trinajstić information content (AvgIpc) is 1.58. The zero-order valence-corrected chi connectivity index (χ0v) is 74.5. The first-order valence-corrected chi connectivity index (χ1v) is 46.0. The zero-order valence-electron chi connectivity index (χ0n) is 86.7. The molecule has 2 aliphatic rings. The van der Waals surface area contributed by atoms with Crippen molar-refractivity contribution in [2.24, 2.45) is 0 Å². The minimum Gasteiger partial charge on any atom is -0.278 e. The van der Waals surface area contributed by atoms with Gasteiger partial charge >= 0.3 is 0 Å². The Bertz CT molecular complexity index is 9390. The number of benzene rings is 20. The highest BCUT2D eigenvalue weighted by molar-refractivity contribution is 7.26. The van der Waals surface area contributed by atoms with Gasteiger partial charge in [0, 0.05) is 74.8 Å². The third kappa shape index (κ3) is 13.8. The molecule has 27 rings (SSSR count). The van der Waals surface area contributed by atoms with E-state index in [2.05, 4.69) is 204 Å². The minimum atomic E-state index is -0.479. The molecule has 0 fully saturated rings. The fraction of sp³-hybridized carbons (Fsp3) is 0.0476. The van der Waals surface area contributed by atoms with E-state index in [4.69, 9.17) is 45.0 Å². The molecule has 0 radical (unpaired) electrons. The molecular weight excluding hydrogens is 1660 g/mol. The highest BCUT2D eigenvalue weighted by atomic mass is 32.1. The van der Waals surface area contributed by atoms with Crippen molar-refractivity contribution >= 4 is 107 Å². The highest BCUT2D eigenvalue weighted by Gasteiger charge is 2.39. The lowest BCUT2D eigenvalue weighted by atomic mass is 9.82. The average molecular weight is 1760 g/mol. The quantitative estimate of drug-likeness (QED) is 0.120. The fourth-order valence-corrected chi connectivity index (χ4v) is 21.5. The second kappa shape index (κ2) is 32.5. The lowest BCUT2D eigenvalue weighted by molar-refractivity contribution is 0.661. The van der Waals surface area contributed by atoms with Crippen molar-refractivity contribution in [3.05, 3.63) is 471 Å². The molecule has 135 heavy (non-hydrogen) atoms. The summed E-state index contributed by atoms with van der Waals surface area (Å²) >= 11 is 1.64. The smallest absolute Gasteiger partial charge is 0.240 e. The molecule has 0 spiro atoms. The molecule has 5 heterocycles. The second-order valence-electron chi connectivity index (χ2n) is 35.3. The van der Waals surface area contributed by atoms with E-state index in [1.54, 1.807) is 11.3 Å². The lowest BCUT2D eigenvalue weighted by Crippen LogP contribution is -2.15. The SMILES string of the molecule is [2H]c1c([2H])c(-c2cc(-c3ccccc3)cc(-c3ccccc3)c2)c([2H])c(-c2nc(-c3ccccc3)nc(-c3ccccc3)n2)c1[2H].[2H]c1c([2H])c(-c2ccc3c4ccccc4c4ccccc4c3c2)c([2H])c(-c2cccc3c2sc2ccccc23)c1[2H].[2H]c1c([2H])c([2H])c(-c2nc(-n3c4ccccc4c4cc5c(cc43)C(C)(C)c3ccccc3-5)nc(-n3c4ccccc4c4cc5c(cc43)C(C)(C)c3ccccc3-5)n2)c([2H])c1[2H]. The maximum Gasteiger partial charge on any atom is 0.240 e. The van der Waals surface area contributed by atoms with E-state index >= 15 is 0 Å². The number of aromatic nitrogens is 8. The monoisotopic (exact) mass is 1760 g/mol. The van der Waals surface area contributed by atoms with E-state index < -0.39 is 18.1 Å². The van der Waals surface area contributed by atoms with Crippen LogP contribution < -0.4 is 0 Å². The minimum absolute atomic E-state index is 0.0170. The van der Waals surface area contributed by atoms with Crippen molar-refractivity contribution in [2.45, 2.75) is 38.5 Å². The molecular formula is C126H86N8S.